The lowest BCUT2D eigenvalue weighted by Crippen LogP contribution is -1.95. The van der Waals surface area contributed by atoms with E-state index in [4.69, 9.17) is 4.84 Å². The molecule has 2 nitrogen and oxygen atoms in total. The van der Waals surface area contributed by atoms with Gasteiger partial charge in [-0.25, -0.2) is 0 Å². The molecule has 0 aliphatic rings. The third kappa shape index (κ3) is 4.08. The summed E-state index contributed by atoms with van der Waals surface area (Å²) in [6.07, 6.45) is 2.89. The predicted octanol–water partition coefficient (Wildman–Crippen LogP) is 3.09. The highest BCUT2D eigenvalue weighted by Crippen LogP contribution is 2.09. The van der Waals surface area contributed by atoms with Gasteiger partial charge in [0.05, 0.1) is 0 Å². The fourth-order valence-corrected chi connectivity index (χ4v) is 1.14. The smallest absolute Gasteiger partial charge is 0.139 e. The van der Waals surface area contributed by atoms with Crippen LogP contribution in [0.4, 0.5) is 0 Å². The van der Waals surface area contributed by atoms with Gasteiger partial charge in [0.25, 0.3) is 0 Å². The molecule has 0 bridgehead atoms. The highest BCUT2D eigenvalue weighted by molar-refractivity contribution is 9.10. The Balaban J connectivity index is 2.58. The lowest BCUT2D eigenvalue weighted by atomic mass is 10.2. The molecule has 0 atom stereocenters. The molecule has 3 heteroatoms. The molecule has 0 aromatic heterocycles. The normalized spacial score (nSPS) is 11.1. The molecule has 0 heterocycles. The average molecular weight is 241 g/mol. The van der Waals surface area contributed by atoms with Gasteiger partial charge < -0.3 is 4.84 Å². The lowest BCUT2D eigenvalue weighted by Gasteiger charge is -1.99. The van der Waals surface area contributed by atoms with Crippen molar-refractivity contribution in [3.05, 3.63) is 34.3 Å². The van der Waals surface area contributed by atoms with Gasteiger partial charge in [-0.15, -0.1) is 0 Å². The molecule has 1 radical (unpaired) electrons. The molecule has 0 N–H and O–H groups in total. The maximum absolute atomic E-state index is 4.98. The van der Waals surface area contributed by atoms with Crippen molar-refractivity contribution in [2.75, 3.05) is 0 Å². The van der Waals surface area contributed by atoms with Crippen LogP contribution in [0.15, 0.2) is 33.9 Å². The summed E-state index contributed by atoms with van der Waals surface area (Å²) >= 11 is 3.36. The lowest BCUT2D eigenvalue weighted by molar-refractivity contribution is 0.0874. The van der Waals surface area contributed by atoms with Crippen molar-refractivity contribution in [1.82, 2.24) is 0 Å². The van der Waals surface area contributed by atoms with Crippen LogP contribution in [0.25, 0.3) is 0 Å². The third-order valence-corrected chi connectivity index (χ3v) is 1.76. The molecule has 0 fully saturated rings. The summed E-state index contributed by atoms with van der Waals surface area (Å²) in [6.45, 7) is 3.85. The zero-order valence-electron chi connectivity index (χ0n) is 7.62. The van der Waals surface area contributed by atoms with Gasteiger partial charge >= 0.3 is 0 Å². The van der Waals surface area contributed by atoms with E-state index in [-0.39, 0.29) is 6.10 Å². The molecule has 0 saturated carbocycles. The second kappa shape index (κ2) is 5.02. The number of rotatable bonds is 3. The monoisotopic (exact) mass is 240 g/mol. The Labute approximate surface area is 86.7 Å². The van der Waals surface area contributed by atoms with E-state index in [1.165, 1.54) is 0 Å². The third-order valence-electron chi connectivity index (χ3n) is 1.26. The van der Waals surface area contributed by atoms with Crippen LogP contribution >= 0.6 is 15.9 Å². The molecule has 1 aromatic carbocycles. The molecule has 69 valence electrons. The standard InChI is InChI=1S/C10H11BrNO/c1-8(2)13-12-7-9-4-3-5-10(11)6-9/h3-6,8H,1-2H3. The molecule has 0 aliphatic heterocycles. The predicted molar refractivity (Wildman–Crippen MR) is 56.9 cm³/mol. The summed E-state index contributed by atoms with van der Waals surface area (Å²) in [5, 5.41) is 3.71. The van der Waals surface area contributed by atoms with Crippen LogP contribution in [-0.4, -0.2) is 12.3 Å². The molecular formula is C10H11BrNO. The first-order valence-corrected chi connectivity index (χ1v) is 4.85. The minimum Gasteiger partial charge on any atom is -0.393 e. The summed E-state index contributed by atoms with van der Waals surface area (Å²) < 4.78 is 1.01. The summed E-state index contributed by atoms with van der Waals surface area (Å²) in [5.74, 6) is 0. The van der Waals surface area contributed by atoms with E-state index in [0.717, 1.165) is 10.0 Å². The van der Waals surface area contributed by atoms with Gasteiger partial charge in [0.1, 0.15) is 12.3 Å². The molecule has 1 rings (SSSR count). The second-order valence-corrected chi connectivity index (χ2v) is 3.78. The quantitative estimate of drug-likeness (QED) is 0.588. The fourth-order valence-electron chi connectivity index (χ4n) is 0.742. The number of halogens is 1. The van der Waals surface area contributed by atoms with E-state index in [1.54, 1.807) is 0 Å². The van der Waals surface area contributed by atoms with Crippen molar-refractivity contribution in [2.24, 2.45) is 5.16 Å². The zero-order chi connectivity index (χ0) is 9.68. The van der Waals surface area contributed by atoms with Crippen LogP contribution in [-0.2, 0) is 4.84 Å². The zero-order valence-corrected chi connectivity index (χ0v) is 9.21. The van der Waals surface area contributed by atoms with E-state index in [1.807, 2.05) is 38.1 Å². The molecule has 0 unspecified atom stereocenters. The van der Waals surface area contributed by atoms with Crippen LogP contribution in [0, 0.1) is 0 Å². The van der Waals surface area contributed by atoms with E-state index in [0.29, 0.717) is 0 Å². The number of benzene rings is 1. The van der Waals surface area contributed by atoms with Gasteiger partial charge in [-0.3, -0.25) is 0 Å². The summed E-state index contributed by atoms with van der Waals surface area (Å²) in [6, 6.07) is 7.72. The first-order valence-electron chi connectivity index (χ1n) is 4.06. The Kier molecular flexibility index (Phi) is 3.96. The van der Waals surface area contributed by atoms with E-state index in [2.05, 4.69) is 27.3 Å². The van der Waals surface area contributed by atoms with Crippen molar-refractivity contribution in [3.8, 4) is 0 Å². The largest absolute Gasteiger partial charge is 0.393 e. The minimum absolute atomic E-state index is 0.0969. The SMILES string of the molecule is CC(C)O/N=[C]/c1cccc(Br)c1. The topological polar surface area (TPSA) is 21.6 Å². The van der Waals surface area contributed by atoms with Crippen molar-refractivity contribution in [2.45, 2.75) is 20.0 Å². The van der Waals surface area contributed by atoms with Crippen molar-refractivity contribution < 1.29 is 4.84 Å². The van der Waals surface area contributed by atoms with Crippen LogP contribution in [0.5, 0.6) is 0 Å². The summed E-state index contributed by atoms with van der Waals surface area (Å²) in [7, 11) is 0. The number of nitrogens with zero attached hydrogens (tertiary/aromatic N) is 1. The fraction of sp³-hybridized carbons (Fsp3) is 0.300. The first-order chi connectivity index (χ1) is 6.18. The Morgan fingerprint density at radius 2 is 2.23 bits per heavy atom. The van der Waals surface area contributed by atoms with Gasteiger partial charge in [-0.1, -0.05) is 33.2 Å². The Bertz CT molecular complexity index is 297. The number of hydrogen-bond donors (Lipinski definition) is 0. The van der Waals surface area contributed by atoms with Crippen LogP contribution < -0.4 is 0 Å². The van der Waals surface area contributed by atoms with Crippen LogP contribution in [0.3, 0.4) is 0 Å². The highest BCUT2D eigenvalue weighted by Gasteiger charge is 1.91. The maximum atomic E-state index is 4.98. The van der Waals surface area contributed by atoms with Gasteiger partial charge in [0, 0.05) is 10.0 Å². The van der Waals surface area contributed by atoms with Crippen LogP contribution in [0.1, 0.15) is 19.4 Å². The van der Waals surface area contributed by atoms with Crippen LogP contribution in [0.2, 0.25) is 0 Å². The average Bonchev–Trinajstić information content (AvgIpc) is 2.03. The summed E-state index contributed by atoms with van der Waals surface area (Å²) in [4.78, 5) is 4.98. The highest BCUT2D eigenvalue weighted by atomic mass is 79.9. The molecule has 13 heavy (non-hydrogen) atoms. The Morgan fingerprint density at radius 1 is 1.46 bits per heavy atom. The second-order valence-electron chi connectivity index (χ2n) is 2.87. The Morgan fingerprint density at radius 3 is 2.85 bits per heavy atom. The molecule has 0 aliphatic carbocycles. The van der Waals surface area contributed by atoms with Gasteiger partial charge in [-0.2, -0.15) is 0 Å². The molecule has 0 spiro atoms. The summed E-state index contributed by atoms with van der Waals surface area (Å²) in [5.41, 5.74) is 0.898. The van der Waals surface area contributed by atoms with Crippen molar-refractivity contribution >= 4 is 22.1 Å². The minimum atomic E-state index is 0.0969. The number of hydrogen-bond acceptors (Lipinski definition) is 2. The first kappa shape index (κ1) is 10.3. The van der Waals surface area contributed by atoms with Crippen molar-refractivity contribution in [3.63, 3.8) is 0 Å². The van der Waals surface area contributed by atoms with E-state index in [9.17, 15) is 0 Å². The Hall–Kier alpha value is -0.830. The van der Waals surface area contributed by atoms with E-state index >= 15 is 0 Å². The molecule has 0 saturated heterocycles. The van der Waals surface area contributed by atoms with E-state index < -0.39 is 0 Å². The van der Waals surface area contributed by atoms with Crippen molar-refractivity contribution in [1.29, 1.82) is 0 Å². The maximum Gasteiger partial charge on any atom is 0.139 e. The molecule has 0 amide bonds. The van der Waals surface area contributed by atoms with Gasteiger partial charge in [0.15, 0.2) is 0 Å². The molecule has 1 aromatic rings. The van der Waals surface area contributed by atoms with Gasteiger partial charge in [-0.05, 0) is 26.0 Å². The molecular weight excluding hydrogens is 230 g/mol. The van der Waals surface area contributed by atoms with Gasteiger partial charge in [0.2, 0.25) is 0 Å².